The summed E-state index contributed by atoms with van der Waals surface area (Å²) in [6.45, 7) is 6.40. The van der Waals surface area contributed by atoms with Gasteiger partial charge in [0.1, 0.15) is 11.0 Å². The number of aromatic nitrogens is 4. The third kappa shape index (κ3) is 3.96. The van der Waals surface area contributed by atoms with Gasteiger partial charge in [-0.1, -0.05) is 67.9 Å². The summed E-state index contributed by atoms with van der Waals surface area (Å²) in [5.74, 6) is 0.605. The van der Waals surface area contributed by atoms with Crippen molar-refractivity contribution < 1.29 is 4.79 Å². The SMILES string of the molecule is Cc1nn(Cc2ccccc2)c(Cl)c1C(=O)N[C@H](c1nc2ccccc2[nH]1)C(C)C. The van der Waals surface area contributed by atoms with Crippen molar-refractivity contribution in [2.75, 3.05) is 0 Å². The van der Waals surface area contributed by atoms with Gasteiger partial charge in [0.05, 0.1) is 34.9 Å². The molecule has 6 nitrogen and oxygen atoms in total. The lowest BCUT2D eigenvalue weighted by Gasteiger charge is -2.20. The average molecular weight is 422 g/mol. The summed E-state index contributed by atoms with van der Waals surface area (Å²) in [7, 11) is 0. The number of para-hydroxylation sites is 2. The predicted molar refractivity (Wildman–Crippen MR) is 119 cm³/mol. The Morgan fingerprint density at radius 3 is 2.53 bits per heavy atom. The molecule has 0 unspecified atom stereocenters. The van der Waals surface area contributed by atoms with Crippen LogP contribution in [0.25, 0.3) is 11.0 Å². The largest absolute Gasteiger partial charge is 0.342 e. The Morgan fingerprint density at radius 2 is 1.83 bits per heavy atom. The zero-order chi connectivity index (χ0) is 21.3. The number of halogens is 1. The van der Waals surface area contributed by atoms with Crippen molar-refractivity contribution in [1.82, 2.24) is 25.1 Å². The number of imidazole rings is 1. The molecule has 0 aliphatic rings. The van der Waals surface area contributed by atoms with Gasteiger partial charge < -0.3 is 10.3 Å². The van der Waals surface area contributed by atoms with E-state index >= 15 is 0 Å². The predicted octanol–water partition coefficient (Wildman–Crippen LogP) is 4.90. The van der Waals surface area contributed by atoms with Crippen molar-refractivity contribution in [3.63, 3.8) is 0 Å². The molecule has 0 fully saturated rings. The fourth-order valence-electron chi connectivity index (χ4n) is 3.56. The second kappa shape index (κ2) is 8.32. The molecule has 4 rings (SSSR count). The summed E-state index contributed by atoms with van der Waals surface area (Å²) in [6.07, 6.45) is 0. The maximum absolute atomic E-state index is 13.2. The molecule has 2 aromatic heterocycles. The van der Waals surface area contributed by atoms with Crippen LogP contribution in [0.4, 0.5) is 0 Å². The molecule has 0 radical (unpaired) electrons. The van der Waals surface area contributed by atoms with Crippen molar-refractivity contribution in [2.24, 2.45) is 5.92 Å². The van der Waals surface area contributed by atoms with E-state index in [1.165, 1.54) is 0 Å². The van der Waals surface area contributed by atoms with E-state index in [1.54, 1.807) is 11.6 Å². The number of H-pyrrole nitrogens is 1. The second-order valence-corrected chi connectivity index (χ2v) is 8.09. The van der Waals surface area contributed by atoms with Crippen molar-refractivity contribution in [1.29, 1.82) is 0 Å². The van der Waals surface area contributed by atoms with Crippen LogP contribution in [0.1, 0.15) is 47.3 Å². The Hall–Kier alpha value is -3.12. The van der Waals surface area contributed by atoms with Crippen LogP contribution in [0.2, 0.25) is 5.15 Å². The quantitative estimate of drug-likeness (QED) is 0.465. The van der Waals surface area contributed by atoms with Gasteiger partial charge in [-0.3, -0.25) is 4.79 Å². The van der Waals surface area contributed by atoms with E-state index in [4.69, 9.17) is 11.6 Å². The topological polar surface area (TPSA) is 75.6 Å². The molecule has 30 heavy (non-hydrogen) atoms. The Bertz CT molecular complexity index is 1150. The summed E-state index contributed by atoms with van der Waals surface area (Å²) < 4.78 is 1.66. The molecule has 0 bridgehead atoms. The first-order chi connectivity index (χ1) is 14.4. The lowest BCUT2D eigenvalue weighted by Crippen LogP contribution is -2.33. The van der Waals surface area contributed by atoms with E-state index in [-0.39, 0.29) is 17.9 Å². The number of benzene rings is 2. The molecule has 0 saturated heterocycles. The van der Waals surface area contributed by atoms with Crippen LogP contribution < -0.4 is 5.32 Å². The summed E-state index contributed by atoms with van der Waals surface area (Å²) in [5.41, 5.74) is 3.88. The average Bonchev–Trinajstić information content (AvgIpc) is 3.27. The standard InChI is InChI=1S/C23H24ClN5O/c1-14(2)20(22-25-17-11-7-8-12-18(17)26-22)27-23(30)19-15(3)28-29(21(19)24)13-16-9-5-4-6-10-16/h4-12,14,20H,13H2,1-3H3,(H,25,26)(H,27,30)/t20-/m0/s1. The smallest absolute Gasteiger partial charge is 0.256 e. The number of nitrogens with zero attached hydrogens (tertiary/aromatic N) is 3. The fourth-order valence-corrected chi connectivity index (χ4v) is 3.88. The highest BCUT2D eigenvalue weighted by Gasteiger charge is 2.26. The number of amides is 1. The monoisotopic (exact) mass is 421 g/mol. The number of aryl methyl sites for hydroxylation is 1. The van der Waals surface area contributed by atoms with Crippen molar-refractivity contribution >= 4 is 28.5 Å². The fraction of sp³-hybridized carbons (Fsp3) is 0.261. The molecule has 2 aromatic carbocycles. The number of fused-ring (bicyclic) bond motifs is 1. The Kier molecular flexibility index (Phi) is 5.59. The number of hydrogen-bond donors (Lipinski definition) is 2. The maximum atomic E-state index is 13.2. The maximum Gasteiger partial charge on any atom is 0.256 e. The molecule has 0 aliphatic heterocycles. The third-order valence-electron chi connectivity index (χ3n) is 5.12. The van der Waals surface area contributed by atoms with E-state index in [2.05, 4.69) is 20.4 Å². The molecular weight excluding hydrogens is 398 g/mol. The van der Waals surface area contributed by atoms with Crippen LogP contribution in [0, 0.1) is 12.8 Å². The second-order valence-electron chi connectivity index (χ2n) is 7.73. The zero-order valence-electron chi connectivity index (χ0n) is 17.2. The van der Waals surface area contributed by atoms with Crippen LogP contribution in [0.15, 0.2) is 54.6 Å². The molecular formula is C23H24ClN5O. The van der Waals surface area contributed by atoms with Gasteiger partial charge in [0.15, 0.2) is 0 Å². The van der Waals surface area contributed by atoms with Crippen molar-refractivity contribution in [3.05, 3.63) is 82.4 Å². The molecule has 0 saturated carbocycles. The van der Waals surface area contributed by atoms with Crippen molar-refractivity contribution in [3.8, 4) is 0 Å². The molecule has 2 N–H and O–H groups in total. The van der Waals surface area contributed by atoms with Gasteiger partial charge in [0.25, 0.3) is 5.91 Å². The normalized spacial score (nSPS) is 12.4. The molecule has 7 heteroatoms. The van der Waals surface area contributed by atoms with E-state index in [1.807, 2.05) is 68.4 Å². The highest BCUT2D eigenvalue weighted by Crippen LogP contribution is 2.25. The first-order valence-corrected chi connectivity index (χ1v) is 10.3. The van der Waals surface area contributed by atoms with E-state index < -0.39 is 0 Å². The molecule has 4 aromatic rings. The number of carbonyl (C=O) groups excluding carboxylic acids is 1. The molecule has 1 amide bonds. The first kappa shape index (κ1) is 20.2. The lowest BCUT2D eigenvalue weighted by molar-refractivity contribution is 0.0923. The van der Waals surface area contributed by atoms with Crippen LogP contribution in [0.5, 0.6) is 0 Å². The lowest BCUT2D eigenvalue weighted by atomic mass is 10.0. The molecule has 154 valence electrons. The van der Waals surface area contributed by atoms with E-state index in [9.17, 15) is 4.79 Å². The summed E-state index contributed by atoms with van der Waals surface area (Å²) in [6, 6.07) is 17.4. The summed E-state index contributed by atoms with van der Waals surface area (Å²) in [4.78, 5) is 21.1. The summed E-state index contributed by atoms with van der Waals surface area (Å²) in [5, 5.41) is 7.92. The molecule has 1 atom stereocenters. The van der Waals surface area contributed by atoms with Gasteiger partial charge in [-0.15, -0.1) is 0 Å². The number of nitrogens with one attached hydrogen (secondary N) is 2. The number of aromatic amines is 1. The minimum atomic E-state index is -0.280. The van der Waals surface area contributed by atoms with Gasteiger partial charge >= 0.3 is 0 Å². The van der Waals surface area contributed by atoms with Gasteiger partial charge in [-0.05, 0) is 30.5 Å². The van der Waals surface area contributed by atoms with Gasteiger partial charge in [0, 0.05) is 0 Å². The number of hydrogen-bond acceptors (Lipinski definition) is 3. The Morgan fingerprint density at radius 1 is 1.13 bits per heavy atom. The number of carbonyl (C=O) groups is 1. The number of rotatable bonds is 6. The van der Waals surface area contributed by atoms with Gasteiger partial charge in [-0.25, -0.2) is 9.67 Å². The van der Waals surface area contributed by atoms with Crippen LogP contribution >= 0.6 is 11.6 Å². The van der Waals surface area contributed by atoms with Crippen LogP contribution in [0.3, 0.4) is 0 Å². The van der Waals surface area contributed by atoms with Gasteiger partial charge in [0.2, 0.25) is 0 Å². The van der Waals surface area contributed by atoms with Crippen LogP contribution in [-0.4, -0.2) is 25.7 Å². The third-order valence-corrected chi connectivity index (χ3v) is 5.51. The minimum Gasteiger partial charge on any atom is -0.342 e. The first-order valence-electron chi connectivity index (χ1n) is 9.96. The highest BCUT2D eigenvalue weighted by atomic mass is 35.5. The molecule has 0 spiro atoms. The van der Waals surface area contributed by atoms with Crippen LogP contribution in [-0.2, 0) is 6.54 Å². The van der Waals surface area contributed by atoms with E-state index in [0.29, 0.717) is 23.0 Å². The van der Waals surface area contributed by atoms with Gasteiger partial charge in [-0.2, -0.15) is 5.10 Å². The highest BCUT2D eigenvalue weighted by molar-refractivity contribution is 6.33. The van der Waals surface area contributed by atoms with E-state index in [0.717, 1.165) is 22.4 Å². The molecule has 0 aliphatic carbocycles. The zero-order valence-corrected chi connectivity index (χ0v) is 17.9. The Labute approximate surface area is 180 Å². The van der Waals surface area contributed by atoms with Crippen molar-refractivity contribution in [2.45, 2.75) is 33.4 Å². The minimum absolute atomic E-state index is 0.132. The Balaban J connectivity index is 1.60. The summed E-state index contributed by atoms with van der Waals surface area (Å²) >= 11 is 6.56. The molecule has 2 heterocycles.